The number of urea groups is 1. The zero-order valence-corrected chi connectivity index (χ0v) is 18.0. The van der Waals surface area contributed by atoms with Gasteiger partial charge in [-0.1, -0.05) is 0 Å². The van der Waals surface area contributed by atoms with Crippen LogP contribution in [-0.2, 0) is 19.9 Å². The van der Waals surface area contributed by atoms with E-state index in [4.69, 9.17) is 4.74 Å². The first kappa shape index (κ1) is 21.8. The average Bonchev–Trinajstić information content (AvgIpc) is 3.05. The number of nitrogens with one attached hydrogen (secondary N) is 1. The molecule has 11 heteroatoms. The minimum absolute atomic E-state index is 0.0507. The van der Waals surface area contributed by atoms with Gasteiger partial charge in [0.2, 0.25) is 10.0 Å². The van der Waals surface area contributed by atoms with E-state index in [1.54, 1.807) is 17.0 Å². The van der Waals surface area contributed by atoms with Crippen LogP contribution in [0.15, 0.2) is 29.2 Å². The number of ether oxygens (including phenoxy) is 1. The van der Waals surface area contributed by atoms with Crippen molar-refractivity contribution in [2.45, 2.75) is 18.2 Å². The van der Waals surface area contributed by atoms with Gasteiger partial charge in [0.25, 0.3) is 0 Å². The van der Waals surface area contributed by atoms with Gasteiger partial charge in [-0.05, 0) is 43.5 Å². The van der Waals surface area contributed by atoms with Crippen LogP contribution in [0.3, 0.4) is 0 Å². The van der Waals surface area contributed by atoms with Crippen LogP contribution in [0.2, 0.25) is 0 Å². The zero-order valence-electron chi connectivity index (χ0n) is 16.4. The predicted molar refractivity (Wildman–Crippen MR) is 108 cm³/mol. The molecule has 0 spiro atoms. The number of benzene rings is 1. The highest BCUT2D eigenvalue weighted by Gasteiger charge is 2.31. The van der Waals surface area contributed by atoms with Crippen molar-refractivity contribution in [1.29, 1.82) is 0 Å². The van der Waals surface area contributed by atoms with Crippen LogP contribution in [0.1, 0.15) is 13.3 Å². The molecule has 0 aliphatic carbocycles. The largest absolute Gasteiger partial charge is 0.494 e. The van der Waals surface area contributed by atoms with Gasteiger partial charge in [0, 0.05) is 32.7 Å². The van der Waals surface area contributed by atoms with Crippen LogP contribution in [0.4, 0.5) is 4.79 Å². The molecule has 3 rings (SSSR count). The van der Waals surface area contributed by atoms with Crippen LogP contribution in [0.5, 0.6) is 5.75 Å². The van der Waals surface area contributed by atoms with Crippen molar-refractivity contribution >= 4 is 25.9 Å². The summed E-state index contributed by atoms with van der Waals surface area (Å²) in [4.78, 5) is 14.1. The standard InChI is InChI=1S/C18H27N3O6S2/c1-2-27-16-3-5-17(6-4-16)29(25,26)21-10-8-20(9-11-21)18(22)19-13-15-7-12-28(23,24)14-15/h3-6,15H,2,7-14H2,1H3,(H,19,22)/t15-/m1/s1. The first-order valence-corrected chi connectivity index (χ1v) is 12.9. The van der Waals surface area contributed by atoms with E-state index < -0.39 is 19.9 Å². The average molecular weight is 446 g/mol. The second-order valence-corrected chi connectivity index (χ2v) is 11.4. The van der Waals surface area contributed by atoms with Crippen molar-refractivity contribution in [2.75, 3.05) is 50.8 Å². The number of carbonyl (C=O) groups excluding carboxylic acids is 1. The number of sulfone groups is 1. The Kier molecular flexibility index (Phi) is 6.69. The summed E-state index contributed by atoms with van der Waals surface area (Å²) >= 11 is 0. The molecule has 2 saturated heterocycles. The number of rotatable bonds is 6. The van der Waals surface area contributed by atoms with Gasteiger partial charge >= 0.3 is 6.03 Å². The molecule has 2 aliphatic rings. The molecule has 1 atom stereocenters. The molecular formula is C18H27N3O6S2. The van der Waals surface area contributed by atoms with Crippen LogP contribution in [0.25, 0.3) is 0 Å². The van der Waals surface area contributed by atoms with E-state index in [1.807, 2.05) is 6.92 Å². The summed E-state index contributed by atoms with van der Waals surface area (Å²) in [6, 6.07) is 6.02. The number of hydrogen-bond donors (Lipinski definition) is 1. The number of sulfonamides is 1. The van der Waals surface area contributed by atoms with Gasteiger partial charge in [0.05, 0.1) is 23.0 Å². The van der Waals surface area contributed by atoms with E-state index in [0.717, 1.165) is 0 Å². The van der Waals surface area contributed by atoms with E-state index in [2.05, 4.69) is 5.32 Å². The van der Waals surface area contributed by atoms with Crippen LogP contribution in [-0.4, -0.2) is 82.9 Å². The van der Waals surface area contributed by atoms with Gasteiger partial charge in [-0.3, -0.25) is 0 Å². The van der Waals surface area contributed by atoms with Crippen LogP contribution < -0.4 is 10.1 Å². The molecule has 0 aromatic heterocycles. The van der Waals surface area contributed by atoms with E-state index in [1.165, 1.54) is 16.4 Å². The minimum atomic E-state index is -3.63. The van der Waals surface area contributed by atoms with Gasteiger partial charge in [-0.25, -0.2) is 21.6 Å². The molecule has 2 aliphatic heterocycles. The first-order chi connectivity index (χ1) is 13.7. The van der Waals surface area contributed by atoms with Crippen molar-refractivity contribution < 1.29 is 26.4 Å². The third-order valence-electron chi connectivity index (χ3n) is 5.17. The molecule has 9 nitrogen and oxygen atoms in total. The van der Waals surface area contributed by atoms with E-state index in [9.17, 15) is 21.6 Å². The molecular weight excluding hydrogens is 418 g/mol. The molecule has 2 amide bonds. The van der Waals surface area contributed by atoms with Crippen LogP contribution in [0, 0.1) is 5.92 Å². The Morgan fingerprint density at radius 2 is 1.83 bits per heavy atom. The van der Waals surface area contributed by atoms with Crippen molar-refractivity contribution in [3.8, 4) is 5.75 Å². The Bertz CT molecular complexity index is 923. The number of nitrogens with zero attached hydrogens (tertiary/aromatic N) is 2. The summed E-state index contributed by atoms with van der Waals surface area (Å²) in [5.74, 6) is 0.852. The van der Waals surface area contributed by atoms with Crippen molar-refractivity contribution in [3.63, 3.8) is 0 Å². The summed E-state index contributed by atoms with van der Waals surface area (Å²) in [6.45, 7) is 3.67. The lowest BCUT2D eigenvalue weighted by atomic mass is 10.1. The van der Waals surface area contributed by atoms with E-state index in [-0.39, 0.29) is 54.5 Å². The van der Waals surface area contributed by atoms with Crippen molar-refractivity contribution in [1.82, 2.24) is 14.5 Å². The summed E-state index contributed by atoms with van der Waals surface area (Å²) in [7, 11) is -6.60. The van der Waals surface area contributed by atoms with Gasteiger partial charge in [0.15, 0.2) is 9.84 Å². The van der Waals surface area contributed by atoms with Gasteiger partial charge in [-0.15, -0.1) is 0 Å². The second kappa shape index (κ2) is 8.88. The van der Waals surface area contributed by atoms with Gasteiger partial charge < -0.3 is 15.0 Å². The van der Waals surface area contributed by atoms with Crippen LogP contribution >= 0.6 is 0 Å². The molecule has 1 aromatic carbocycles. The molecule has 2 heterocycles. The molecule has 1 N–H and O–H groups in total. The fourth-order valence-electron chi connectivity index (χ4n) is 3.53. The lowest BCUT2D eigenvalue weighted by molar-refractivity contribution is 0.171. The Hall–Kier alpha value is -1.85. The number of piperazine rings is 1. The highest BCUT2D eigenvalue weighted by Crippen LogP contribution is 2.21. The topological polar surface area (TPSA) is 113 Å². The normalized spacial score (nSPS) is 22.4. The molecule has 1 aromatic rings. The summed E-state index contributed by atoms with van der Waals surface area (Å²) in [5, 5.41) is 2.78. The molecule has 29 heavy (non-hydrogen) atoms. The molecule has 0 saturated carbocycles. The van der Waals surface area contributed by atoms with Gasteiger partial charge in [-0.2, -0.15) is 4.31 Å². The zero-order chi connectivity index (χ0) is 21.1. The molecule has 0 bridgehead atoms. The van der Waals surface area contributed by atoms with E-state index >= 15 is 0 Å². The summed E-state index contributed by atoms with van der Waals surface area (Å²) in [6.07, 6.45) is 0.566. The molecule has 162 valence electrons. The Labute approximate surface area is 172 Å². The first-order valence-electron chi connectivity index (χ1n) is 9.67. The fourth-order valence-corrected chi connectivity index (χ4v) is 6.82. The predicted octanol–water partition coefficient (Wildman–Crippen LogP) is 0.536. The Morgan fingerprint density at radius 3 is 2.38 bits per heavy atom. The third-order valence-corrected chi connectivity index (χ3v) is 8.92. The SMILES string of the molecule is CCOc1ccc(S(=O)(=O)N2CCN(C(=O)NC[C@H]3CCS(=O)(=O)C3)CC2)cc1. The van der Waals surface area contributed by atoms with Crippen molar-refractivity contribution in [2.24, 2.45) is 5.92 Å². The lowest BCUT2D eigenvalue weighted by Gasteiger charge is -2.34. The quantitative estimate of drug-likeness (QED) is 0.684. The summed E-state index contributed by atoms with van der Waals surface area (Å²) < 4.78 is 55.3. The number of amides is 2. The smallest absolute Gasteiger partial charge is 0.317 e. The maximum absolute atomic E-state index is 12.8. The van der Waals surface area contributed by atoms with Crippen molar-refractivity contribution in [3.05, 3.63) is 24.3 Å². The Balaban J connectivity index is 1.50. The maximum Gasteiger partial charge on any atom is 0.317 e. The van der Waals surface area contributed by atoms with Gasteiger partial charge in [0.1, 0.15) is 5.75 Å². The lowest BCUT2D eigenvalue weighted by Crippen LogP contribution is -2.53. The maximum atomic E-state index is 12.8. The fraction of sp³-hybridized carbons (Fsp3) is 0.611. The molecule has 0 unspecified atom stereocenters. The highest BCUT2D eigenvalue weighted by molar-refractivity contribution is 7.91. The minimum Gasteiger partial charge on any atom is -0.494 e. The highest BCUT2D eigenvalue weighted by atomic mass is 32.2. The molecule has 0 radical (unpaired) electrons. The number of carbonyl (C=O) groups is 1. The van der Waals surface area contributed by atoms with E-state index in [0.29, 0.717) is 25.3 Å². The molecule has 2 fully saturated rings. The summed E-state index contributed by atoms with van der Waals surface area (Å²) in [5.41, 5.74) is 0. The second-order valence-electron chi connectivity index (χ2n) is 7.25. The third kappa shape index (κ3) is 5.40. The Morgan fingerprint density at radius 1 is 1.17 bits per heavy atom. The number of hydrogen-bond acceptors (Lipinski definition) is 6. The monoisotopic (exact) mass is 445 g/mol.